The molecule has 0 bridgehead atoms. The minimum absolute atomic E-state index is 0.114. The predicted octanol–water partition coefficient (Wildman–Crippen LogP) is 2.27. The highest BCUT2D eigenvalue weighted by molar-refractivity contribution is 6.01. The van der Waals surface area contributed by atoms with Gasteiger partial charge in [-0.15, -0.1) is 0 Å². The van der Waals surface area contributed by atoms with E-state index in [0.29, 0.717) is 0 Å². The summed E-state index contributed by atoms with van der Waals surface area (Å²) in [5.41, 5.74) is 1.95. The molecule has 0 atom stereocenters. The van der Waals surface area contributed by atoms with Crippen LogP contribution in [0.15, 0.2) is 30.5 Å². The van der Waals surface area contributed by atoms with Gasteiger partial charge in [0.05, 0.1) is 5.69 Å². The SMILES string of the molecule is CN(C)C(=O)Nc1cn(C)c2ccccc12. The van der Waals surface area contributed by atoms with Gasteiger partial charge in [-0.25, -0.2) is 4.79 Å². The third kappa shape index (κ3) is 1.74. The van der Waals surface area contributed by atoms with Gasteiger partial charge in [-0.1, -0.05) is 18.2 Å². The van der Waals surface area contributed by atoms with Gasteiger partial charge in [0.15, 0.2) is 0 Å². The number of hydrogen-bond acceptors (Lipinski definition) is 1. The average Bonchev–Trinajstić information content (AvgIpc) is 2.57. The second-order valence-electron chi connectivity index (χ2n) is 4.00. The average molecular weight is 217 g/mol. The van der Waals surface area contributed by atoms with Crippen LogP contribution < -0.4 is 5.32 Å². The maximum absolute atomic E-state index is 11.6. The molecule has 1 heterocycles. The Labute approximate surface area is 94.5 Å². The molecule has 0 unspecified atom stereocenters. The van der Waals surface area contributed by atoms with Crippen molar-refractivity contribution in [3.05, 3.63) is 30.5 Å². The Kier molecular flexibility index (Phi) is 2.56. The smallest absolute Gasteiger partial charge is 0.321 e. The van der Waals surface area contributed by atoms with Crippen molar-refractivity contribution in [1.29, 1.82) is 0 Å². The lowest BCUT2D eigenvalue weighted by molar-refractivity contribution is 0.231. The Balaban J connectivity index is 2.42. The van der Waals surface area contributed by atoms with E-state index in [2.05, 4.69) is 5.32 Å². The van der Waals surface area contributed by atoms with Gasteiger partial charge in [0, 0.05) is 38.2 Å². The van der Waals surface area contributed by atoms with E-state index in [0.717, 1.165) is 16.6 Å². The van der Waals surface area contributed by atoms with Crippen LogP contribution in [-0.2, 0) is 7.05 Å². The largest absolute Gasteiger partial charge is 0.348 e. The molecule has 0 saturated carbocycles. The van der Waals surface area contributed by atoms with Crippen LogP contribution in [0.2, 0.25) is 0 Å². The number of carbonyl (C=O) groups excluding carboxylic acids is 1. The number of carbonyl (C=O) groups is 1. The van der Waals surface area contributed by atoms with Crippen molar-refractivity contribution in [1.82, 2.24) is 9.47 Å². The molecule has 2 amide bonds. The summed E-state index contributed by atoms with van der Waals surface area (Å²) in [5.74, 6) is 0. The van der Waals surface area contributed by atoms with Crippen molar-refractivity contribution in [2.45, 2.75) is 0 Å². The van der Waals surface area contributed by atoms with Crippen LogP contribution in [-0.4, -0.2) is 29.6 Å². The van der Waals surface area contributed by atoms with Gasteiger partial charge in [0.1, 0.15) is 0 Å². The van der Waals surface area contributed by atoms with Gasteiger partial charge in [-0.2, -0.15) is 0 Å². The maximum Gasteiger partial charge on any atom is 0.321 e. The van der Waals surface area contributed by atoms with Gasteiger partial charge in [0.2, 0.25) is 0 Å². The number of benzene rings is 1. The highest BCUT2D eigenvalue weighted by Gasteiger charge is 2.09. The molecule has 0 spiro atoms. The van der Waals surface area contributed by atoms with Gasteiger partial charge < -0.3 is 14.8 Å². The van der Waals surface area contributed by atoms with Gasteiger partial charge in [-0.05, 0) is 6.07 Å². The van der Waals surface area contributed by atoms with Crippen molar-refractivity contribution in [2.24, 2.45) is 7.05 Å². The van der Waals surface area contributed by atoms with Crippen molar-refractivity contribution in [3.63, 3.8) is 0 Å². The number of anilines is 1. The third-order valence-electron chi connectivity index (χ3n) is 2.54. The number of urea groups is 1. The minimum Gasteiger partial charge on any atom is -0.348 e. The zero-order chi connectivity index (χ0) is 11.7. The molecule has 4 nitrogen and oxygen atoms in total. The number of amides is 2. The predicted molar refractivity (Wildman–Crippen MR) is 65.6 cm³/mol. The second kappa shape index (κ2) is 3.89. The molecular formula is C12H15N3O. The van der Waals surface area contributed by atoms with E-state index >= 15 is 0 Å². The minimum atomic E-state index is -0.114. The van der Waals surface area contributed by atoms with E-state index in [1.165, 1.54) is 4.90 Å². The van der Waals surface area contributed by atoms with Crippen molar-refractivity contribution >= 4 is 22.6 Å². The molecule has 4 heteroatoms. The fraction of sp³-hybridized carbons (Fsp3) is 0.250. The zero-order valence-electron chi connectivity index (χ0n) is 9.69. The zero-order valence-corrected chi connectivity index (χ0v) is 9.69. The monoisotopic (exact) mass is 217 g/mol. The van der Waals surface area contributed by atoms with Crippen LogP contribution in [0.3, 0.4) is 0 Å². The summed E-state index contributed by atoms with van der Waals surface area (Å²) >= 11 is 0. The number of hydrogen-bond donors (Lipinski definition) is 1. The number of nitrogens with one attached hydrogen (secondary N) is 1. The molecule has 0 fully saturated rings. The first kappa shape index (κ1) is 10.5. The highest BCUT2D eigenvalue weighted by atomic mass is 16.2. The fourth-order valence-corrected chi connectivity index (χ4v) is 1.67. The summed E-state index contributed by atoms with van der Waals surface area (Å²) < 4.78 is 2.00. The molecule has 0 aliphatic carbocycles. The number of nitrogens with zero attached hydrogens (tertiary/aromatic N) is 2. The first-order valence-electron chi connectivity index (χ1n) is 5.12. The number of fused-ring (bicyclic) bond motifs is 1. The Hall–Kier alpha value is -1.97. The van der Waals surface area contributed by atoms with Crippen molar-refractivity contribution < 1.29 is 4.79 Å². The van der Waals surface area contributed by atoms with Crippen LogP contribution in [0.5, 0.6) is 0 Å². The maximum atomic E-state index is 11.6. The van der Waals surface area contributed by atoms with Crippen LogP contribution >= 0.6 is 0 Å². The standard InChI is InChI=1S/C12H15N3O/c1-14(2)12(16)13-10-8-15(3)11-7-5-4-6-9(10)11/h4-8H,1-3H3,(H,13,16). The lowest BCUT2D eigenvalue weighted by Crippen LogP contribution is -2.27. The lowest BCUT2D eigenvalue weighted by atomic mass is 10.2. The topological polar surface area (TPSA) is 37.3 Å². The first-order valence-corrected chi connectivity index (χ1v) is 5.12. The Bertz CT molecular complexity index is 528. The van der Waals surface area contributed by atoms with E-state index in [1.807, 2.05) is 42.1 Å². The van der Waals surface area contributed by atoms with Crippen molar-refractivity contribution in [2.75, 3.05) is 19.4 Å². The second-order valence-corrected chi connectivity index (χ2v) is 4.00. The number of aromatic nitrogens is 1. The first-order chi connectivity index (χ1) is 7.59. The molecule has 16 heavy (non-hydrogen) atoms. The summed E-state index contributed by atoms with van der Waals surface area (Å²) in [4.78, 5) is 13.1. The van der Waals surface area contributed by atoms with E-state index in [9.17, 15) is 4.79 Å². The third-order valence-corrected chi connectivity index (χ3v) is 2.54. The van der Waals surface area contributed by atoms with E-state index in [-0.39, 0.29) is 6.03 Å². The van der Waals surface area contributed by atoms with Gasteiger partial charge in [0.25, 0.3) is 0 Å². The number of aryl methyl sites for hydroxylation is 1. The Morgan fingerprint density at radius 2 is 2.00 bits per heavy atom. The Morgan fingerprint density at radius 3 is 2.69 bits per heavy atom. The summed E-state index contributed by atoms with van der Waals surface area (Å²) in [6.45, 7) is 0. The molecule has 0 saturated heterocycles. The molecule has 0 aliphatic rings. The summed E-state index contributed by atoms with van der Waals surface area (Å²) in [5, 5.41) is 3.93. The van der Waals surface area contributed by atoms with Crippen molar-refractivity contribution in [3.8, 4) is 0 Å². The molecule has 0 radical (unpaired) electrons. The Morgan fingerprint density at radius 1 is 1.31 bits per heavy atom. The summed E-state index contributed by atoms with van der Waals surface area (Å²) in [7, 11) is 5.41. The van der Waals surface area contributed by atoms with Gasteiger partial charge >= 0.3 is 6.03 Å². The molecule has 1 aromatic heterocycles. The molecule has 2 rings (SSSR count). The quantitative estimate of drug-likeness (QED) is 0.781. The normalized spacial score (nSPS) is 10.4. The number of para-hydroxylation sites is 1. The summed E-state index contributed by atoms with van der Waals surface area (Å²) in [6, 6.07) is 7.87. The molecule has 0 aliphatic heterocycles. The van der Waals surface area contributed by atoms with Crippen LogP contribution in [0, 0.1) is 0 Å². The molecule has 84 valence electrons. The van der Waals surface area contributed by atoms with E-state index in [1.54, 1.807) is 14.1 Å². The highest BCUT2D eigenvalue weighted by Crippen LogP contribution is 2.24. The lowest BCUT2D eigenvalue weighted by Gasteiger charge is -2.10. The molecule has 1 aromatic carbocycles. The van der Waals surface area contributed by atoms with Crippen LogP contribution in [0.25, 0.3) is 10.9 Å². The fourth-order valence-electron chi connectivity index (χ4n) is 1.67. The van der Waals surface area contributed by atoms with E-state index < -0.39 is 0 Å². The van der Waals surface area contributed by atoms with Crippen LogP contribution in [0.4, 0.5) is 10.5 Å². The van der Waals surface area contributed by atoms with E-state index in [4.69, 9.17) is 0 Å². The molecule has 2 aromatic rings. The van der Waals surface area contributed by atoms with Gasteiger partial charge in [-0.3, -0.25) is 0 Å². The van der Waals surface area contributed by atoms with Crippen LogP contribution in [0.1, 0.15) is 0 Å². The molecular weight excluding hydrogens is 202 g/mol. The summed E-state index contributed by atoms with van der Waals surface area (Å²) in [6.07, 6.45) is 1.92. The molecule has 1 N–H and O–H groups in total. The number of rotatable bonds is 1.